The lowest BCUT2D eigenvalue weighted by Crippen LogP contribution is -2.34. The van der Waals surface area contributed by atoms with Crippen molar-refractivity contribution in [2.45, 2.75) is 44.9 Å². The van der Waals surface area contributed by atoms with Gasteiger partial charge in [0.1, 0.15) is 5.75 Å². The summed E-state index contributed by atoms with van der Waals surface area (Å²) < 4.78 is 29.1. The zero-order valence-electron chi connectivity index (χ0n) is 12.7. The van der Waals surface area contributed by atoms with E-state index in [1.165, 1.54) is 12.8 Å². The monoisotopic (exact) mass is 298 g/mol. The number of alkyl halides is 2. The van der Waals surface area contributed by atoms with Gasteiger partial charge in [-0.25, -0.2) is 0 Å². The predicted molar refractivity (Wildman–Crippen MR) is 79.8 cm³/mol. The first-order chi connectivity index (χ1) is 10.1. The number of hydrogen-bond donors (Lipinski definition) is 1. The van der Waals surface area contributed by atoms with Crippen molar-refractivity contribution in [3.05, 3.63) is 29.8 Å². The smallest absolute Gasteiger partial charge is 0.387 e. The van der Waals surface area contributed by atoms with Gasteiger partial charge in [0.2, 0.25) is 0 Å². The van der Waals surface area contributed by atoms with Crippen LogP contribution in [0.4, 0.5) is 8.78 Å². The van der Waals surface area contributed by atoms with Crippen LogP contribution in [-0.2, 0) is 0 Å². The van der Waals surface area contributed by atoms with Gasteiger partial charge in [-0.05, 0) is 64.0 Å². The van der Waals surface area contributed by atoms with Crippen molar-refractivity contribution in [2.24, 2.45) is 0 Å². The second-order valence-electron chi connectivity index (χ2n) is 5.63. The molecule has 2 rings (SSSR count). The molecule has 1 saturated heterocycles. The summed E-state index contributed by atoms with van der Waals surface area (Å²) in [6.45, 7) is 1.45. The molecular weight excluding hydrogens is 274 g/mol. The van der Waals surface area contributed by atoms with Crippen LogP contribution in [0.25, 0.3) is 0 Å². The van der Waals surface area contributed by atoms with Gasteiger partial charge in [0.05, 0.1) is 0 Å². The van der Waals surface area contributed by atoms with E-state index < -0.39 is 6.61 Å². The van der Waals surface area contributed by atoms with Crippen molar-refractivity contribution in [3.63, 3.8) is 0 Å². The van der Waals surface area contributed by atoms with Gasteiger partial charge < -0.3 is 10.1 Å². The van der Waals surface area contributed by atoms with Crippen molar-refractivity contribution < 1.29 is 13.5 Å². The van der Waals surface area contributed by atoms with Gasteiger partial charge in [-0.2, -0.15) is 8.78 Å². The lowest BCUT2D eigenvalue weighted by molar-refractivity contribution is -0.0499. The van der Waals surface area contributed by atoms with E-state index in [9.17, 15) is 8.78 Å². The van der Waals surface area contributed by atoms with E-state index in [0.29, 0.717) is 6.04 Å². The van der Waals surface area contributed by atoms with E-state index in [4.69, 9.17) is 0 Å². The summed E-state index contributed by atoms with van der Waals surface area (Å²) in [6.07, 6.45) is 3.46. The average Bonchev–Trinajstić information content (AvgIpc) is 2.74. The molecule has 0 amide bonds. The second-order valence-corrected chi connectivity index (χ2v) is 5.63. The zero-order valence-corrected chi connectivity index (χ0v) is 12.7. The highest BCUT2D eigenvalue weighted by atomic mass is 19.3. The third kappa shape index (κ3) is 4.64. The molecule has 1 aromatic carbocycles. The fourth-order valence-electron chi connectivity index (χ4n) is 2.91. The summed E-state index contributed by atoms with van der Waals surface area (Å²) >= 11 is 0. The first kappa shape index (κ1) is 16.2. The summed E-state index contributed by atoms with van der Waals surface area (Å²) in [7, 11) is 2.11. The third-order valence-electron chi connectivity index (χ3n) is 4.30. The fraction of sp³-hybridized carbons (Fsp3) is 0.625. The number of nitrogens with one attached hydrogen (secondary N) is 1. The summed E-state index contributed by atoms with van der Waals surface area (Å²) in [5.41, 5.74) is 1.01. The highest BCUT2D eigenvalue weighted by molar-refractivity contribution is 5.30. The molecule has 0 radical (unpaired) electrons. The van der Waals surface area contributed by atoms with Crippen LogP contribution in [0.15, 0.2) is 24.3 Å². The van der Waals surface area contributed by atoms with E-state index in [1.54, 1.807) is 18.2 Å². The average molecular weight is 298 g/mol. The molecule has 1 aromatic rings. The van der Waals surface area contributed by atoms with Crippen LogP contribution in [0.2, 0.25) is 0 Å². The Morgan fingerprint density at radius 1 is 1.29 bits per heavy atom. The molecule has 0 spiro atoms. The van der Waals surface area contributed by atoms with Gasteiger partial charge in [-0.1, -0.05) is 12.1 Å². The lowest BCUT2D eigenvalue weighted by Gasteiger charge is -2.33. The van der Waals surface area contributed by atoms with Gasteiger partial charge >= 0.3 is 6.61 Å². The first-order valence-electron chi connectivity index (χ1n) is 7.55. The number of nitrogens with zero attached hydrogens (tertiary/aromatic N) is 1. The Morgan fingerprint density at radius 3 is 2.86 bits per heavy atom. The van der Waals surface area contributed by atoms with Crippen LogP contribution in [0, 0.1) is 0 Å². The van der Waals surface area contributed by atoms with Crippen molar-refractivity contribution >= 4 is 0 Å². The molecule has 1 aliphatic rings. The maximum atomic E-state index is 12.3. The van der Waals surface area contributed by atoms with Gasteiger partial charge in [-0.3, -0.25) is 4.90 Å². The second kappa shape index (κ2) is 7.71. The Kier molecular flexibility index (Phi) is 5.94. The molecule has 0 saturated carbocycles. The molecular formula is C16H24F2N2O. The molecule has 2 unspecified atom stereocenters. The fourth-order valence-corrected chi connectivity index (χ4v) is 2.91. The van der Waals surface area contributed by atoms with Crippen LogP contribution in [0.5, 0.6) is 5.75 Å². The van der Waals surface area contributed by atoms with E-state index >= 15 is 0 Å². The Morgan fingerprint density at radius 2 is 2.10 bits per heavy atom. The Bertz CT molecular complexity index is 434. The number of benzene rings is 1. The number of hydrogen-bond acceptors (Lipinski definition) is 3. The molecule has 1 heterocycles. The van der Waals surface area contributed by atoms with Gasteiger partial charge in [0.15, 0.2) is 0 Å². The summed E-state index contributed by atoms with van der Waals surface area (Å²) in [5.74, 6) is 0.227. The van der Waals surface area contributed by atoms with Crippen molar-refractivity contribution in [2.75, 3.05) is 20.1 Å². The third-order valence-corrected chi connectivity index (χ3v) is 4.30. The van der Waals surface area contributed by atoms with Crippen LogP contribution < -0.4 is 10.1 Å². The maximum absolute atomic E-state index is 12.3. The maximum Gasteiger partial charge on any atom is 0.387 e. The molecule has 0 aromatic heterocycles. The summed E-state index contributed by atoms with van der Waals surface area (Å²) in [4.78, 5) is 2.34. The highest BCUT2D eigenvalue weighted by Crippen LogP contribution is 2.27. The predicted octanol–water partition coefficient (Wildman–Crippen LogP) is 3.42. The van der Waals surface area contributed by atoms with E-state index in [1.807, 2.05) is 6.07 Å². The molecule has 5 heteroatoms. The van der Waals surface area contributed by atoms with Crippen LogP contribution in [0.1, 0.15) is 37.8 Å². The van der Waals surface area contributed by atoms with E-state index in [0.717, 1.165) is 25.1 Å². The lowest BCUT2D eigenvalue weighted by atomic mass is 10.0. The van der Waals surface area contributed by atoms with Crippen molar-refractivity contribution in [3.8, 4) is 5.75 Å². The molecule has 1 N–H and O–H groups in total. The van der Waals surface area contributed by atoms with E-state index in [2.05, 4.69) is 28.9 Å². The summed E-state index contributed by atoms with van der Waals surface area (Å²) in [5, 5.41) is 3.41. The molecule has 1 aliphatic heterocycles. The zero-order chi connectivity index (χ0) is 15.2. The largest absolute Gasteiger partial charge is 0.435 e. The van der Waals surface area contributed by atoms with E-state index in [-0.39, 0.29) is 11.8 Å². The molecule has 0 aliphatic carbocycles. The van der Waals surface area contributed by atoms with Gasteiger partial charge in [-0.15, -0.1) is 0 Å². The van der Waals surface area contributed by atoms with Gasteiger partial charge in [0.25, 0.3) is 0 Å². The minimum Gasteiger partial charge on any atom is -0.435 e. The molecule has 0 bridgehead atoms. The molecule has 2 atom stereocenters. The molecule has 3 nitrogen and oxygen atoms in total. The Hall–Kier alpha value is -1.20. The summed E-state index contributed by atoms with van der Waals surface area (Å²) in [6, 6.07) is 7.71. The number of halogens is 2. The standard InChI is InChI=1S/C16H24F2N2O/c1-12(20(2)14-6-4-9-19-10-8-14)13-5-3-7-15(11-13)21-16(17)18/h3,5,7,11-12,14,16,19H,4,6,8-10H2,1-2H3. The molecule has 21 heavy (non-hydrogen) atoms. The van der Waals surface area contributed by atoms with Crippen molar-refractivity contribution in [1.29, 1.82) is 0 Å². The van der Waals surface area contributed by atoms with Gasteiger partial charge in [0, 0.05) is 12.1 Å². The van der Waals surface area contributed by atoms with Crippen LogP contribution in [-0.4, -0.2) is 37.7 Å². The SMILES string of the molecule is CC(c1cccc(OC(F)F)c1)N(C)C1CCCNCC1. The van der Waals surface area contributed by atoms with Crippen LogP contribution >= 0.6 is 0 Å². The number of ether oxygens (including phenoxy) is 1. The first-order valence-corrected chi connectivity index (χ1v) is 7.55. The minimum absolute atomic E-state index is 0.175. The topological polar surface area (TPSA) is 24.5 Å². The highest BCUT2D eigenvalue weighted by Gasteiger charge is 2.22. The normalized spacial score (nSPS) is 21.3. The molecule has 118 valence electrons. The Balaban J connectivity index is 2.05. The molecule has 1 fully saturated rings. The Labute approximate surface area is 125 Å². The van der Waals surface area contributed by atoms with Crippen molar-refractivity contribution in [1.82, 2.24) is 10.2 Å². The quantitative estimate of drug-likeness (QED) is 0.901. The minimum atomic E-state index is -2.78. The number of rotatable bonds is 5. The van der Waals surface area contributed by atoms with Crippen LogP contribution in [0.3, 0.4) is 0 Å².